The van der Waals surface area contributed by atoms with Gasteiger partial charge in [-0.2, -0.15) is 5.26 Å². The second-order valence-electron chi connectivity index (χ2n) is 5.93. The third kappa shape index (κ3) is 3.38. The fourth-order valence-electron chi connectivity index (χ4n) is 2.49. The van der Waals surface area contributed by atoms with E-state index in [1.807, 2.05) is 13.8 Å². The van der Waals surface area contributed by atoms with Crippen LogP contribution in [0, 0.1) is 11.3 Å². The Kier molecular flexibility index (Phi) is 4.11. The van der Waals surface area contributed by atoms with Crippen LogP contribution in [0.4, 0.5) is 9.80 Å². The van der Waals surface area contributed by atoms with Crippen molar-refractivity contribution in [2.45, 2.75) is 39.0 Å². The van der Waals surface area contributed by atoms with Crippen molar-refractivity contribution < 1.29 is 13.9 Å². The Balaban J connectivity index is 1.72. The van der Waals surface area contributed by atoms with Gasteiger partial charge in [-0.1, -0.05) is 0 Å². The van der Waals surface area contributed by atoms with E-state index in [0.29, 0.717) is 35.9 Å². The number of fused-ring (bicyclic) bond motifs is 1. The van der Waals surface area contributed by atoms with Crippen LogP contribution in [-0.4, -0.2) is 11.6 Å². The lowest BCUT2D eigenvalue weighted by Crippen LogP contribution is -2.31. The van der Waals surface area contributed by atoms with Gasteiger partial charge < -0.3 is 14.5 Å². The van der Waals surface area contributed by atoms with Crippen molar-refractivity contribution in [3.63, 3.8) is 0 Å². The molecule has 3 rings (SSSR count). The van der Waals surface area contributed by atoms with Gasteiger partial charge in [-0.15, -0.1) is 11.3 Å². The molecule has 0 fully saturated rings. The second-order valence-corrected chi connectivity index (χ2v) is 7.04. The van der Waals surface area contributed by atoms with Crippen LogP contribution in [-0.2, 0) is 24.3 Å². The molecule has 23 heavy (non-hydrogen) atoms. The predicted molar refractivity (Wildman–Crippen MR) is 86.2 cm³/mol. The number of rotatable bonds is 3. The van der Waals surface area contributed by atoms with E-state index < -0.39 is 0 Å². The molecule has 6 nitrogen and oxygen atoms in total. The number of amides is 2. The molecule has 3 heterocycles. The van der Waals surface area contributed by atoms with Crippen molar-refractivity contribution in [2.75, 3.05) is 5.32 Å². The molecular formula is C16H17N3O3S. The van der Waals surface area contributed by atoms with Crippen LogP contribution in [0.2, 0.25) is 0 Å². The van der Waals surface area contributed by atoms with Crippen molar-refractivity contribution in [3.8, 4) is 6.07 Å². The number of nitriles is 1. The fourth-order valence-corrected chi connectivity index (χ4v) is 3.56. The van der Waals surface area contributed by atoms with E-state index in [0.717, 1.165) is 10.4 Å². The summed E-state index contributed by atoms with van der Waals surface area (Å²) in [5.74, 6) is 0.668. The molecule has 0 spiro atoms. The fraction of sp³-hybridized carbons (Fsp3) is 0.375. The van der Waals surface area contributed by atoms with Crippen LogP contribution in [0.5, 0.6) is 0 Å². The number of nitrogens with one attached hydrogen (secondary N) is 2. The van der Waals surface area contributed by atoms with Crippen molar-refractivity contribution in [1.29, 1.82) is 5.26 Å². The molecule has 1 aliphatic heterocycles. The number of urea groups is 1. The quantitative estimate of drug-likeness (QED) is 0.902. The van der Waals surface area contributed by atoms with Gasteiger partial charge in [-0.3, -0.25) is 5.32 Å². The molecule has 0 radical (unpaired) electrons. The summed E-state index contributed by atoms with van der Waals surface area (Å²) >= 11 is 1.40. The van der Waals surface area contributed by atoms with Crippen LogP contribution in [0.1, 0.15) is 35.6 Å². The lowest BCUT2D eigenvalue weighted by Gasteiger charge is -2.29. The van der Waals surface area contributed by atoms with E-state index >= 15 is 0 Å². The largest absolute Gasteiger partial charge is 0.467 e. The van der Waals surface area contributed by atoms with Crippen molar-refractivity contribution in [1.82, 2.24) is 5.32 Å². The summed E-state index contributed by atoms with van der Waals surface area (Å²) in [5, 5.41) is 15.5. The van der Waals surface area contributed by atoms with Gasteiger partial charge >= 0.3 is 6.03 Å². The smallest absolute Gasteiger partial charge is 0.320 e. The number of carbonyl (C=O) groups is 1. The Labute approximate surface area is 138 Å². The lowest BCUT2D eigenvalue weighted by molar-refractivity contribution is -0.0383. The van der Waals surface area contributed by atoms with Gasteiger partial charge in [0.2, 0.25) is 0 Å². The number of carbonyl (C=O) groups excluding carboxylic acids is 1. The van der Waals surface area contributed by atoms with Crippen LogP contribution in [0.15, 0.2) is 22.8 Å². The van der Waals surface area contributed by atoms with Gasteiger partial charge in [-0.05, 0) is 31.5 Å². The number of ether oxygens (including phenoxy) is 1. The molecule has 2 amide bonds. The van der Waals surface area contributed by atoms with Crippen LogP contribution in [0.3, 0.4) is 0 Å². The zero-order chi connectivity index (χ0) is 16.4. The molecule has 2 aromatic heterocycles. The molecule has 0 saturated carbocycles. The van der Waals surface area contributed by atoms with Crippen molar-refractivity contribution in [3.05, 3.63) is 40.2 Å². The second kappa shape index (κ2) is 6.07. The molecule has 2 aromatic rings. The van der Waals surface area contributed by atoms with Crippen LogP contribution >= 0.6 is 11.3 Å². The van der Waals surface area contributed by atoms with E-state index in [2.05, 4.69) is 16.7 Å². The summed E-state index contributed by atoms with van der Waals surface area (Å²) in [6, 6.07) is 5.39. The first-order valence-electron chi connectivity index (χ1n) is 7.24. The highest BCUT2D eigenvalue weighted by Gasteiger charge is 2.31. The normalized spacial score (nSPS) is 15.5. The first-order chi connectivity index (χ1) is 11.0. The Morgan fingerprint density at radius 1 is 1.52 bits per heavy atom. The number of thiophene rings is 1. The van der Waals surface area contributed by atoms with E-state index in [-0.39, 0.29) is 11.6 Å². The van der Waals surface area contributed by atoms with Gasteiger partial charge in [0, 0.05) is 11.3 Å². The molecule has 0 aliphatic carbocycles. The zero-order valence-corrected chi connectivity index (χ0v) is 13.8. The van der Waals surface area contributed by atoms with Crippen molar-refractivity contribution >= 4 is 22.4 Å². The number of hydrogen-bond acceptors (Lipinski definition) is 5. The molecule has 0 bridgehead atoms. The van der Waals surface area contributed by atoms with Gasteiger partial charge in [0.15, 0.2) is 0 Å². The molecule has 120 valence electrons. The maximum atomic E-state index is 12.0. The van der Waals surface area contributed by atoms with Crippen LogP contribution in [0.25, 0.3) is 0 Å². The summed E-state index contributed by atoms with van der Waals surface area (Å²) in [7, 11) is 0. The number of anilines is 1. The van der Waals surface area contributed by atoms with E-state index in [1.165, 1.54) is 11.3 Å². The van der Waals surface area contributed by atoms with Gasteiger partial charge in [0.25, 0.3) is 0 Å². The zero-order valence-electron chi connectivity index (χ0n) is 12.9. The molecule has 0 unspecified atom stereocenters. The molecule has 0 atom stereocenters. The topological polar surface area (TPSA) is 87.3 Å². The van der Waals surface area contributed by atoms with E-state index in [9.17, 15) is 10.1 Å². The third-order valence-electron chi connectivity index (χ3n) is 3.63. The summed E-state index contributed by atoms with van der Waals surface area (Å²) in [6.07, 6.45) is 2.22. The Bertz CT molecular complexity index is 756. The highest BCUT2D eigenvalue weighted by molar-refractivity contribution is 7.16. The standard InChI is InChI=1S/C16H17N3O3S/c1-16(2)6-11-12(7-17)14(23-13(11)9-22-16)19-15(20)18-8-10-4-3-5-21-10/h3-5H,6,8-9H2,1-2H3,(H2,18,19,20). The SMILES string of the molecule is CC1(C)Cc2c(sc(NC(=O)NCc3ccco3)c2C#N)CO1. The maximum absolute atomic E-state index is 12.0. The minimum atomic E-state index is -0.364. The predicted octanol–water partition coefficient (Wildman–Crippen LogP) is 3.39. The first kappa shape index (κ1) is 15.6. The molecule has 0 saturated heterocycles. The Morgan fingerprint density at radius 2 is 2.35 bits per heavy atom. The Hall–Kier alpha value is -2.30. The lowest BCUT2D eigenvalue weighted by atomic mass is 9.93. The summed E-state index contributed by atoms with van der Waals surface area (Å²) in [6.45, 7) is 4.76. The van der Waals surface area contributed by atoms with Crippen molar-refractivity contribution in [2.24, 2.45) is 0 Å². The molecule has 1 aliphatic rings. The summed E-state index contributed by atoms with van der Waals surface area (Å²) < 4.78 is 10.9. The Morgan fingerprint density at radius 3 is 3.04 bits per heavy atom. The molecule has 2 N–H and O–H groups in total. The van der Waals surface area contributed by atoms with E-state index in [4.69, 9.17) is 9.15 Å². The van der Waals surface area contributed by atoms with Gasteiger partial charge in [0.1, 0.15) is 16.8 Å². The number of furan rings is 1. The highest BCUT2D eigenvalue weighted by Crippen LogP contribution is 2.39. The van der Waals surface area contributed by atoms with Crippen LogP contribution < -0.4 is 10.6 Å². The number of hydrogen-bond donors (Lipinski definition) is 2. The average Bonchev–Trinajstić information content (AvgIpc) is 3.11. The molecule has 7 heteroatoms. The number of nitrogens with zero attached hydrogens (tertiary/aromatic N) is 1. The molecule has 0 aromatic carbocycles. The minimum Gasteiger partial charge on any atom is -0.467 e. The average molecular weight is 331 g/mol. The summed E-state index contributed by atoms with van der Waals surface area (Å²) in [5.41, 5.74) is 1.22. The molecular weight excluding hydrogens is 314 g/mol. The summed E-state index contributed by atoms with van der Waals surface area (Å²) in [4.78, 5) is 13.0. The maximum Gasteiger partial charge on any atom is 0.320 e. The monoisotopic (exact) mass is 331 g/mol. The van der Waals surface area contributed by atoms with E-state index in [1.54, 1.807) is 18.4 Å². The third-order valence-corrected chi connectivity index (χ3v) is 4.75. The first-order valence-corrected chi connectivity index (χ1v) is 8.06. The highest BCUT2D eigenvalue weighted by atomic mass is 32.1. The van der Waals surface area contributed by atoms with Gasteiger partial charge in [-0.25, -0.2) is 4.79 Å². The minimum absolute atomic E-state index is 0.293. The van der Waals surface area contributed by atoms with Gasteiger partial charge in [0.05, 0.1) is 30.6 Å².